The van der Waals surface area contributed by atoms with Crippen LogP contribution in [0.5, 0.6) is 5.75 Å². The Kier molecular flexibility index (Phi) is 7.42. The lowest BCUT2D eigenvalue weighted by Gasteiger charge is -2.24. The molecule has 0 N–H and O–H groups in total. The lowest BCUT2D eigenvalue weighted by molar-refractivity contribution is -0.132. The molecule has 0 spiro atoms. The van der Waals surface area contributed by atoms with E-state index in [0.717, 1.165) is 10.9 Å². The quantitative estimate of drug-likeness (QED) is 0.630. The van der Waals surface area contributed by atoms with Gasteiger partial charge in [0, 0.05) is 43.6 Å². The van der Waals surface area contributed by atoms with E-state index in [-0.39, 0.29) is 12.3 Å². The highest BCUT2D eigenvalue weighted by atomic mass is 16.5. The highest BCUT2D eigenvalue weighted by Crippen LogP contribution is 2.24. The number of methoxy groups -OCH3 is 2. The van der Waals surface area contributed by atoms with Gasteiger partial charge in [-0.3, -0.25) is 4.79 Å². The maximum absolute atomic E-state index is 12.6. The van der Waals surface area contributed by atoms with E-state index in [4.69, 9.17) is 13.9 Å². The summed E-state index contributed by atoms with van der Waals surface area (Å²) in [7, 11) is 3.19. The average Bonchev–Trinajstić information content (AvgIpc) is 2.63. The molecule has 0 atom stereocenters. The van der Waals surface area contributed by atoms with Crippen molar-refractivity contribution in [3.63, 3.8) is 0 Å². The topological polar surface area (TPSA) is 69.0 Å². The molecule has 27 heavy (non-hydrogen) atoms. The largest absolute Gasteiger partial charge is 0.497 e. The molecule has 1 amide bonds. The first kappa shape index (κ1) is 21.0. The van der Waals surface area contributed by atoms with E-state index in [1.807, 2.05) is 19.1 Å². The van der Waals surface area contributed by atoms with Crippen molar-refractivity contribution in [1.29, 1.82) is 0 Å². The van der Waals surface area contributed by atoms with Crippen LogP contribution in [0.1, 0.15) is 31.4 Å². The zero-order valence-electron chi connectivity index (χ0n) is 16.8. The number of rotatable bonds is 9. The van der Waals surface area contributed by atoms with Crippen LogP contribution in [0, 0.1) is 12.8 Å². The summed E-state index contributed by atoms with van der Waals surface area (Å²) in [5.74, 6) is 1.03. The number of amides is 1. The molecule has 6 heteroatoms. The minimum absolute atomic E-state index is 0.0226. The molecule has 0 aliphatic heterocycles. The zero-order valence-corrected chi connectivity index (χ0v) is 16.8. The zero-order chi connectivity index (χ0) is 20.0. The van der Waals surface area contributed by atoms with Crippen molar-refractivity contribution in [3.8, 4) is 5.75 Å². The van der Waals surface area contributed by atoms with Crippen molar-refractivity contribution >= 4 is 16.9 Å². The van der Waals surface area contributed by atoms with E-state index in [1.165, 1.54) is 0 Å². The molecule has 0 aliphatic rings. The fourth-order valence-corrected chi connectivity index (χ4v) is 3.14. The number of fused-ring (bicyclic) bond motifs is 1. The van der Waals surface area contributed by atoms with Crippen molar-refractivity contribution in [2.45, 2.75) is 33.6 Å². The summed E-state index contributed by atoms with van der Waals surface area (Å²) in [6, 6.07) is 5.41. The molecule has 0 fully saturated rings. The summed E-state index contributed by atoms with van der Waals surface area (Å²) in [6.45, 7) is 7.76. The van der Waals surface area contributed by atoms with Crippen molar-refractivity contribution in [2.24, 2.45) is 5.92 Å². The first-order valence-electron chi connectivity index (χ1n) is 9.24. The van der Waals surface area contributed by atoms with Crippen LogP contribution in [0.3, 0.4) is 0 Å². The van der Waals surface area contributed by atoms with E-state index >= 15 is 0 Å². The van der Waals surface area contributed by atoms with Gasteiger partial charge >= 0.3 is 5.63 Å². The smallest absolute Gasteiger partial charge is 0.339 e. The van der Waals surface area contributed by atoms with Crippen LogP contribution in [0.25, 0.3) is 11.0 Å². The van der Waals surface area contributed by atoms with Crippen molar-refractivity contribution in [3.05, 3.63) is 39.7 Å². The molecule has 0 saturated heterocycles. The molecule has 0 unspecified atom stereocenters. The van der Waals surface area contributed by atoms with Crippen LogP contribution in [0.4, 0.5) is 0 Å². The number of ether oxygens (including phenoxy) is 2. The third kappa shape index (κ3) is 5.32. The number of carbonyl (C=O) groups excluding carboxylic acids is 1. The Balaban J connectivity index is 2.19. The van der Waals surface area contributed by atoms with Crippen LogP contribution >= 0.6 is 0 Å². The van der Waals surface area contributed by atoms with E-state index in [1.54, 1.807) is 25.2 Å². The molecule has 1 heterocycles. The second-order valence-corrected chi connectivity index (χ2v) is 7.08. The fraction of sp³-hybridized carbons (Fsp3) is 0.524. The molecule has 0 saturated carbocycles. The van der Waals surface area contributed by atoms with E-state index in [0.29, 0.717) is 48.9 Å². The van der Waals surface area contributed by atoms with E-state index < -0.39 is 5.63 Å². The average molecular weight is 375 g/mol. The monoisotopic (exact) mass is 375 g/mol. The number of benzene rings is 1. The van der Waals surface area contributed by atoms with Crippen LogP contribution < -0.4 is 10.4 Å². The van der Waals surface area contributed by atoms with Gasteiger partial charge in [-0.05, 0) is 37.0 Å². The molecule has 1 aromatic carbocycles. The van der Waals surface area contributed by atoms with Gasteiger partial charge in [-0.25, -0.2) is 4.79 Å². The van der Waals surface area contributed by atoms with E-state index in [2.05, 4.69) is 13.8 Å². The molecule has 6 nitrogen and oxygen atoms in total. The minimum atomic E-state index is -0.395. The van der Waals surface area contributed by atoms with Gasteiger partial charge in [0.05, 0.1) is 13.7 Å². The molecule has 2 aromatic rings. The Morgan fingerprint density at radius 1 is 1.26 bits per heavy atom. The van der Waals surface area contributed by atoms with Crippen LogP contribution in [-0.2, 0) is 16.0 Å². The standard InChI is InChI=1S/C21H29NO5/c1-14(2)13-22(10-11-25-4)20(23)9-8-18-15(3)17-7-6-16(26-5)12-19(17)27-21(18)24/h6-7,12,14H,8-11,13H2,1-5H3. The molecule has 1 aromatic heterocycles. The molecule has 0 aliphatic carbocycles. The second kappa shape index (κ2) is 9.55. The van der Waals surface area contributed by atoms with Crippen LogP contribution in [0.15, 0.2) is 27.4 Å². The van der Waals surface area contributed by atoms with Crippen molar-refractivity contribution in [1.82, 2.24) is 4.90 Å². The summed E-state index contributed by atoms with van der Waals surface area (Å²) in [4.78, 5) is 26.9. The summed E-state index contributed by atoms with van der Waals surface area (Å²) >= 11 is 0. The number of hydrogen-bond acceptors (Lipinski definition) is 5. The predicted octanol–water partition coefficient (Wildman–Crippen LogP) is 3.17. The van der Waals surface area contributed by atoms with Gasteiger partial charge in [-0.15, -0.1) is 0 Å². The Hall–Kier alpha value is -2.34. The van der Waals surface area contributed by atoms with Gasteiger partial charge in [0.1, 0.15) is 11.3 Å². The Labute approximate surface area is 160 Å². The number of aryl methyl sites for hydroxylation is 1. The number of nitrogens with zero attached hydrogens (tertiary/aromatic N) is 1. The van der Waals surface area contributed by atoms with Gasteiger partial charge in [-0.1, -0.05) is 13.8 Å². The maximum atomic E-state index is 12.6. The fourth-order valence-electron chi connectivity index (χ4n) is 3.14. The Morgan fingerprint density at radius 2 is 2.00 bits per heavy atom. The van der Waals surface area contributed by atoms with Gasteiger partial charge in [-0.2, -0.15) is 0 Å². The molecule has 148 valence electrons. The molecule has 0 radical (unpaired) electrons. The number of hydrogen-bond donors (Lipinski definition) is 0. The first-order chi connectivity index (χ1) is 12.9. The summed E-state index contributed by atoms with van der Waals surface area (Å²) in [5, 5.41) is 0.858. The van der Waals surface area contributed by atoms with Crippen LogP contribution in [0.2, 0.25) is 0 Å². The van der Waals surface area contributed by atoms with Gasteiger partial charge < -0.3 is 18.8 Å². The number of carbonyl (C=O) groups is 1. The van der Waals surface area contributed by atoms with Gasteiger partial charge in [0.25, 0.3) is 0 Å². The van der Waals surface area contributed by atoms with E-state index in [9.17, 15) is 9.59 Å². The highest BCUT2D eigenvalue weighted by molar-refractivity contribution is 5.82. The van der Waals surface area contributed by atoms with Gasteiger partial charge in [0.15, 0.2) is 0 Å². The van der Waals surface area contributed by atoms with Crippen molar-refractivity contribution < 1.29 is 18.7 Å². The van der Waals surface area contributed by atoms with Crippen molar-refractivity contribution in [2.75, 3.05) is 33.9 Å². The summed E-state index contributed by atoms with van der Waals surface area (Å²) < 4.78 is 15.7. The lowest BCUT2D eigenvalue weighted by atomic mass is 10.0. The molecule has 0 bridgehead atoms. The van der Waals surface area contributed by atoms with Gasteiger partial charge in [0.2, 0.25) is 5.91 Å². The predicted molar refractivity (Wildman–Crippen MR) is 105 cm³/mol. The maximum Gasteiger partial charge on any atom is 0.339 e. The highest BCUT2D eigenvalue weighted by Gasteiger charge is 2.18. The SMILES string of the molecule is COCCN(CC(C)C)C(=O)CCc1c(C)c2ccc(OC)cc2oc1=O. The normalized spacial score (nSPS) is 11.2. The Bertz CT molecular complexity index is 840. The third-order valence-corrected chi connectivity index (χ3v) is 4.59. The first-order valence-corrected chi connectivity index (χ1v) is 9.24. The summed E-state index contributed by atoms with van der Waals surface area (Å²) in [6.07, 6.45) is 0.625. The molecule has 2 rings (SSSR count). The lowest BCUT2D eigenvalue weighted by Crippen LogP contribution is -2.37. The molecular weight excluding hydrogens is 346 g/mol. The minimum Gasteiger partial charge on any atom is -0.497 e. The Morgan fingerprint density at radius 3 is 2.63 bits per heavy atom. The second-order valence-electron chi connectivity index (χ2n) is 7.08. The summed E-state index contributed by atoms with van der Waals surface area (Å²) in [5.41, 5.74) is 1.50. The van der Waals surface area contributed by atoms with Crippen LogP contribution in [-0.4, -0.2) is 44.7 Å². The third-order valence-electron chi connectivity index (χ3n) is 4.59. The molecular formula is C21H29NO5.